The van der Waals surface area contributed by atoms with E-state index in [2.05, 4.69) is 20.3 Å². The summed E-state index contributed by atoms with van der Waals surface area (Å²) in [5, 5.41) is 7.28. The van der Waals surface area contributed by atoms with Crippen LogP contribution in [-0.4, -0.2) is 113 Å². The topological polar surface area (TPSA) is 182 Å². The number of piperazine rings is 1. The maximum Gasteiger partial charge on any atom is 0.410 e. The first-order valence-electron chi connectivity index (χ1n) is 15.8. The Hall–Kier alpha value is -3.76. The Morgan fingerprint density at radius 1 is 1.04 bits per heavy atom. The molecule has 15 nitrogen and oxygen atoms in total. The Balaban J connectivity index is 1.61. The lowest BCUT2D eigenvalue weighted by atomic mass is 10.0. The van der Waals surface area contributed by atoms with E-state index in [1.807, 2.05) is 34.6 Å². The van der Waals surface area contributed by atoms with Crippen LogP contribution in [0.3, 0.4) is 0 Å². The van der Waals surface area contributed by atoms with E-state index in [0.717, 1.165) is 6.54 Å². The minimum atomic E-state index is -3.94. The zero-order valence-electron chi connectivity index (χ0n) is 27.5. The van der Waals surface area contributed by atoms with E-state index in [0.29, 0.717) is 64.2 Å². The molecule has 254 valence electrons. The van der Waals surface area contributed by atoms with Gasteiger partial charge in [0.25, 0.3) is 11.8 Å². The molecule has 2 saturated heterocycles. The summed E-state index contributed by atoms with van der Waals surface area (Å²) in [6.07, 6.45) is 2.29. The lowest BCUT2D eigenvalue weighted by molar-refractivity contribution is 0.0184. The van der Waals surface area contributed by atoms with Gasteiger partial charge in [-0.05, 0) is 59.6 Å². The van der Waals surface area contributed by atoms with Gasteiger partial charge in [0, 0.05) is 39.3 Å². The summed E-state index contributed by atoms with van der Waals surface area (Å²) in [7, 11) is -3.94. The van der Waals surface area contributed by atoms with Crippen molar-refractivity contribution in [3.8, 4) is 5.88 Å². The lowest BCUT2D eigenvalue weighted by Gasteiger charge is -2.34. The van der Waals surface area contributed by atoms with Crippen molar-refractivity contribution in [3.05, 3.63) is 29.2 Å². The van der Waals surface area contributed by atoms with Crippen LogP contribution in [0.5, 0.6) is 5.88 Å². The van der Waals surface area contributed by atoms with Crippen LogP contribution in [0.25, 0.3) is 0 Å². The van der Waals surface area contributed by atoms with Crippen molar-refractivity contribution in [2.45, 2.75) is 77.3 Å². The number of carbonyl (C=O) groups is 3. The highest BCUT2D eigenvalue weighted by Gasteiger charge is 2.33. The largest absolute Gasteiger partial charge is 0.477 e. The standard InChI is InChI=1S/C30H46N8O7S/c1-7-23-24(25(26(31)39)34-38(23)20-10-12-36(13-11-20)29(41)45-30(4,5)6)33-27(40)22-18-21(19-32-28(22)44-9-3)46(42,43)37-16-14-35(8-2)15-17-37/h18-20H,7-17H2,1-6H3,(H2,31,39)(H,33,40). The number of hydrogen-bond donors (Lipinski definition) is 2. The first-order valence-corrected chi connectivity index (χ1v) is 17.2. The van der Waals surface area contributed by atoms with Crippen LogP contribution in [0.4, 0.5) is 10.5 Å². The van der Waals surface area contributed by atoms with Crippen molar-refractivity contribution in [2.75, 3.05) is 57.7 Å². The Kier molecular flexibility index (Phi) is 10.9. The SMILES string of the molecule is CCOc1ncc(S(=O)(=O)N2CCN(CC)CC2)cc1C(=O)Nc1c(C(N)=O)nn(C2CCN(C(=O)OC(C)(C)C)CC2)c1CC. The highest BCUT2D eigenvalue weighted by molar-refractivity contribution is 7.89. The van der Waals surface area contributed by atoms with Crippen LogP contribution in [0.15, 0.2) is 17.2 Å². The average Bonchev–Trinajstić information content (AvgIpc) is 3.38. The normalized spacial score (nSPS) is 17.1. The Morgan fingerprint density at radius 2 is 1.70 bits per heavy atom. The molecule has 0 atom stereocenters. The molecule has 0 unspecified atom stereocenters. The monoisotopic (exact) mass is 662 g/mol. The summed E-state index contributed by atoms with van der Waals surface area (Å²) in [5.41, 5.74) is 5.59. The van der Waals surface area contributed by atoms with Gasteiger partial charge in [0.05, 0.1) is 30.2 Å². The predicted molar refractivity (Wildman–Crippen MR) is 170 cm³/mol. The molecule has 2 aliphatic heterocycles. The number of hydrogen-bond acceptors (Lipinski definition) is 10. The molecular formula is C30H46N8O7S. The first kappa shape index (κ1) is 35.1. The minimum absolute atomic E-state index is 0.0460. The summed E-state index contributed by atoms with van der Waals surface area (Å²) >= 11 is 0. The Bertz CT molecular complexity index is 1540. The number of sulfonamides is 1. The van der Waals surface area contributed by atoms with Gasteiger partial charge < -0.3 is 30.3 Å². The summed E-state index contributed by atoms with van der Waals surface area (Å²) in [5.74, 6) is -1.60. The first-order chi connectivity index (χ1) is 21.7. The van der Waals surface area contributed by atoms with Gasteiger partial charge in [-0.2, -0.15) is 9.40 Å². The van der Waals surface area contributed by atoms with E-state index in [4.69, 9.17) is 15.2 Å². The summed E-state index contributed by atoms with van der Waals surface area (Å²) < 4.78 is 41.2. The number of carbonyl (C=O) groups excluding carboxylic acids is 3. The molecule has 2 aromatic heterocycles. The van der Waals surface area contributed by atoms with Crippen molar-refractivity contribution in [1.82, 2.24) is 28.9 Å². The maximum absolute atomic E-state index is 13.8. The molecule has 3 N–H and O–H groups in total. The van der Waals surface area contributed by atoms with Crippen LogP contribution >= 0.6 is 0 Å². The Labute approximate surface area is 270 Å². The molecule has 2 aliphatic rings. The lowest BCUT2D eigenvalue weighted by Crippen LogP contribution is -2.48. The third kappa shape index (κ3) is 7.78. The second-order valence-electron chi connectivity index (χ2n) is 12.3. The highest BCUT2D eigenvalue weighted by Crippen LogP contribution is 2.32. The van der Waals surface area contributed by atoms with Gasteiger partial charge in [-0.15, -0.1) is 0 Å². The molecule has 0 spiro atoms. The smallest absolute Gasteiger partial charge is 0.410 e. The van der Waals surface area contributed by atoms with E-state index in [1.54, 1.807) is 16.5 Å². The number of rotatable bonds is 10. The fourth-order valence-corrected chi connectivity index (χ4v) is 7.03. The van der Waals surface area contributed by atoms with Crippen molar-refractivity contribution < 1.29 is 32.3 Å². The fraction of sp³-hybridized carbons (Fsp3) is 0.633. The number of ether oxygens (including phenoxy) is 2. The van der Waals surface area contributed by atoms with Gasteiger partial charge in [-0.25, -0.2) is 18.2 Å². The number of piperidine rings is 1. The summed E-state index contributed by atoms with van der Waals surface area (Å²) in [6.45, 7) is 14.8. The molecular weight excluding hydrogens is 616 g/mol. The molecule has 46 heavy (non-hydrogen) atoms. The van der Waals surface area contributed by atoms with Crippen LogP contribution in [0, 0.1) is 0 Å². The van der Waals surface area contributed by atoms with Gasteiger partial charge in [0.2, 0.25) is 15.9 Å². The molecule has 0 bridgehead atoms. The van der Waals surface area contributed by atoms with Crippen molar-refractivity contribution in [3.63, 3.8) is 0 Å². The van der Waals surface area contributed by atoms with E-state index >= 15 is 0 Å². The van der Waals surface area contributed by atoms with Gasteiger partial charge in [0.15, 0.2) is 5.69 Å². The molecule has 4 heterocycles. The summed E-state index contributed by atoms with van der Waals surface area (Å²) in [6, 6.07) is 1.08. The van der Waals surface area contributed by atoms with E-state index in [1.165, 1.54) is 16.6 Å². The minimum Gasteiger partial charge on any atom is -0.477 e. The van der Waals surface area contributed by atoms with Crippen LogP contribution in [0.2, 0.25) is 0 Å². The van der Waals surface area contributed by atoms with Gasteiger partial charge in [0.1, 0.15) is 16.1 Å². The van der Waals surface area contributed by atoms with E-state index < -0.39 is 27.4 Å². The van der Waals surface area contributed by atoms with Crippen LogP contribution < -0.4 is 15.8 Å². The molecule has 0 radical (unpaired) electrons. The number of nitrogens with one attached hydrogen (secondary N) is 1. The number of nitrogens with two attached hydrogens (primary N) is 1. The van der Waals surface area contributed by atoms with Gasteiger partial charge >= 0.3 is 6.09 Å². The van der Waals surface area contributed by atoms with Crippen LogP contribution in [-0.2, 0) is 21.2 Å². The zero-order chi connectivity index (χ0) is 33.8. The predicted octanol–water partition coefficient (Wildman–Crippen LogP) is 2.49. The number of anilines is 1. The van der Waals surface area contributed by atoms with E-state index in [9.17, 15) is 22.8 Å². The van der Waals surface area contributed by atoms with Crippen molar-refractivity contribution >= 4 is 33.6 Å². The Morgan fingerprint density at radius 3 is 2.24 bits per heavy atom. The fourth-order valence-electron chi connectivity index (χ4n) is 5.64. The number of aromatic nitrogens is 3. The number of amides is 3. The maximum atomic E-state index is 13.8. The molecule has 0 saturated carbocycles. The third-order valence-corrected chi connectivity index (χ3v) is 9.91. The van der Waals surface area contributed by atoms with Gasteiger partial charge in [-0.3, -0.25) is 14.3 Å². The molecule has 0 aromatic carbocycles. The van der Waals surface area contributed by atoms with Crippen molar-refractivity contribution in [2.24, 2.45) is 5.73 Å². The number of likely N-dealkylation sites (N-methyl/N-ethyl adjacent to an activating group) is 1. The third-order valence-electron chi connectivity index (χ3n) is 8.05. The molecule has 3 amide bonds. The molecule has 16 heteroatoms. The molecule has 2 aromatic rings. The van der Waals surface area contributed by atoms with E-state index in [-0.39, 0.29) is 46.5 Å². The molecule has 4 rings (SSSR count). The quantitative estimate of drug-likeness (QED) is 0.383. The number of primary amides is 1. The van der Waals surface area contributed by atoms with Crippen LogP contribution in [0.1, 0.15) is 87.0 Å². The second kappa shape index (κ2) is 14.3. The average molecular weight is 663 g/mol. The summed E-state index contributed by atoms with van der Waals surface area (Å²) in [4.78, 5) is 46.8. The second-order valence-corrected chi connectivity index (χ2v) is 14.2. The molecule has 2 fully saturated rings. The number of likely N-dealkylation sites (tertiary alicyclic amines) is 1. The number of nitrogens with zero attached hydrogens (tertiary/aromatic N) is 6. The zero-order valence-corrected chi connectivity index (χ0v) is 28.4. The number of pyridine rings is 1. The van der Waals surface area contributed by atoms with Gasteiger partial charge in [-0.1, -0.05) is 13.8 Å². The highest BCUT2D eigenvalue weighted by atomic mass is 32.2. The molecule has 0 aliphatic carbocycles. The van der Waals surface area contributed by atoms with Crippen molar-refractivity contribution in [1.29, 1.82) is 0 Å².